The molecule has 0 radical (unpaired) electrons. The minimum absolute atomic E-state index is 0.395. The van der Waals surface area contributed by atoms with Crippen LogP contribution in [0.5, 0.6) is 11.5 Å². The highest BCUT2D eigenvalue weighted by Gasteiger charge is 2.20. The van der Waals surface area contributed by atoms with Crippen molar-refractivity contribution in [1.29, 1.82) is 0 Å². The average molecular weight is 343 g/mol. The molecular formula is C19H25N3O3. The fourth-order valence-electron chi connectivity index (χ4n) is 2.86. The zero-order chi connectivity index (χ0) is 17.5. The van der Waals surface area contributed by atoms with Crippen LogP contribution in [0, 0.1) is 0 Å². The molecule has 2 heterocycles. The highest BCUT2D eigenvalue weighted by molar-refractivity contribution is 5.38. The van der Waals surface area contributed by atoms with Crippen molar-refractivity contribution in [3.05, 3.63) is 42.4 Å². The van der Waals surface area contributed by atoms with Crippen LogP contribution in [0.1, 0.15) is 24.5 Å². The number of aromatic nitrogens is 2. The Bertz CT molecular complexity index is 674. The quantitative estimate of drug-likeness (QED) is 0.687. The molecule has 1 aromatic carbocycles. The molecule has 3 rings (SSSR count). The lowest BCUT2D eigenvalue weighted by Crippen LogP contribution is -2.22. The minimum Gasteiger partial charge on any atom is -0.497 e. The zero-order valence-electron chi connectivity index (χ0n) is 14.9. The summed E-state index contributed by atoms with van der Waals surface area (Å²) in [5, 5.41) is 0. The number of hydrogen-bond acceptors (Lipinski definition) is 6. The summed E-state index contributed by atoms with van der Waals surface area (Å²) in [5.74, 6) is 2.97. The minimum atomic E-state index is 0.395. The topological polar surface area (TPSA) is 56.7 Å². The molecule has 134 valence electrons. The van der Waals surface area contributed by atoms with E-state index in [4.69, 9.17) is 14.2 Å². The van der Waals surface area contributed by atoms with Gasteiger partial charge in [-0.3, -0.25) is 0 Å². The predicted molar refractivity (Wildman–Crippen MR) is 96.6 cm³/mol. The molecule has 0 amide bonds. The maximum absolute atomic E-state index is 5.78. The summed E-state index contributed by atoms with van der Waals surface area (Å²) in [6.45, 7) is 3.09. The van der Waals surface area contributed by atoms with Gasteiger partial charge in [0.2, 0.25) is 0 Å². The van der Waals surface area contributed by atoms with E-state index in [2.05, 4.69) is 20.9 Å². The molecule has 0 unspecified atom stereocenters. The van der Waals surface area contributed by atoms with E-state index in [0.29, 0.717) is 12.5 Å². The van der Waals surface area contributed by atoms with Gasteiger partial charge in [-0.2, -0.15) is 0 Å². The van der Waals surface area contributed by atoms with Crippen molar-refractivity contribution in [2.45, 2.75) is 18.8 Å². The molecular weight excluding hydrogens is 318 g/mol. The molecule has 0 saturated carbocycles. The van der Waals surface area contributed by atoms with E-state index < -0.39 is 0 Å². The van der Waals surface area contributed by atoms with Gasteiger partial charge in [-0.15, -0.1) is 0 Å². The number of rotatable bonds is 8. The van der Waals surface area contributed by atoms with Crippen LogP contribution >= 0.6 is 0 Å². The second-order valence-electron chi connectivity index (χ2n) is 6.16. The van der Waals surface area contributed by atoms with Gasteiger partial charge in [0, 0.05) is 38.2 Å². The molecule has 1 saturated heterocycles. The number of ether oxygens (including phenoxy) is 3. The summed E-state index contributed by atoms with van der Waals surface area (Å²) in [7, 11) is 3.70. The molecule has 1 fully saturated rings. The average Bonchev–Trinajstić information content (AvgIpc) is 3.20. The number of methoxy groups -OCH3 is 1. The lowest BCUT2D eigenvalue weighted by Gasteiger charge is -2.19. The van der Waals surface area contributed by atoms with Crippen LogP contribution in [0.15, 0.2) is 36.7 Å². The SMILES string of the molecule is COc1cccc(OCCCN(C)c2cc([C@H]3CCOC3)ncn2)c1. The van der Waals surface area contributed by atoms with E-state index >= 15 is 0 Å². The smallest absolute Gasteiger partial charge is 0.131 e. The fraction of sp³-hybridized carbons (Fsp3) is 0.474. The van der Waals surface area contributed by atoms with Crippen LogP contribution in [0.3, 0.4) is 0 Å². The van der Waals surface area contributed by atoms with E-state index in [1.54, 1.807) is 13.4 Å². The summed E-state index contributed by atoms with van der Waals surface area (Å²) in [6, 6.07) is 9.73. The van der Waals surface area contributed by atoms with Gasteiger partial charge < -0.3 is 19.1 Å². The number of nitrogens with zero attached hydrogens (tertiary/aromatic N) is 3. The van der Waals surface area contributed by atoms with E-state index in [1.165, 1.54) is 0 Å². The van der Waals surface area contributed by atoms with Gasteiger partial charge >= 0.3 is 0 Å². The summed E-state index contributed by atoms with van der Waals surface area (Å²) < 4.78 is 16.4. The third-order valence-corrected chi connectivity index (χ3v) is 4.36. The largest absolute Gasteiger partial charge is 0.497 e. The molecule has 1 aromatic heterocycles. The maximum Gasteiger partial charge on any atom is 0.131 e. The van der Waals surface area contributed by atoms with Crippen LogP contribution < -0.4 is 14.4 Å². The summed E-state index contributed by atoms with van der Waals surface area (Å²) in [6.07, 6.45) is 3.58. The van der Waals surface area contributed by atoms with Crippen molar-refractivity contribution >= 4 is 5.82 Å². The first-order chi connectivity index (χ1) is 12.3. The molecule has 6 heteroatoms. The highest BCUT2D eigenvalue weighted by Crippen LogP contribution is 2.25. The Labute approximate surface area is 148 Å². The van der Waals surface area contributed by atoms with Gasteiger partial charge in [0.1, 0.15) is 23.6 Å². The maximum atomic E-state index is 5.78. The van der Waals surface area contributed by atoms with Crippen LogP contribution in [-0.4, -0.2) is 50.5 Å². The summed E-state index contributed by atoms with van der Waals surface area (Å²) >= 11 is 0. The van der Waals surface area contributed by atoms with Crippen LogP contribution in [0.25, 0.3) is 0 Å². The molecule has 0 bridgehead atoms. The summed E-state index contributed by atoms with van der Waals surface area (Å²) in [4.78, 5) is 10.9. The second-order valence-corrected chi connectivity index (χ2v) is 6.16. The molecule has 0 spiro atoms. The van der Waals surface area contributed by atoms with Crippen molar-refractivity contribution < 1.29 is 14.2 Å². The van der Waals surface area contributed by atoms with Gasteiger partial charge in [-0.1, -0.05) is 6.07 Å². The Morgan fingerprint density at radius 1 is 1.24 bits per heavy atom. The molecule has 2 aromatic rings. The number of hydrogen-bond donors (Lipinski definition) is 0. The fourth-order valence-corrected chi connectivity index (χ4v) is 2.86. The van der Waals surface area contributed by atoms with Gasteiger partial charge in [-0.25, -0.2) is 9.97 Å². The first kappa shape index (κ1) is 17.5. The van der Waals surface area contributed by atoms with Crippen molar-refractivity contribution in [3.8, 4) is 11.5 Å². The monoisotopic (exact) mass is 343 g/mol. The Balaban J connectivity index is 1.47. The van der Waals surface area contributed by atoms with E-state index in [0.717, 1.165) is 55.6 Å². The van der Waals surface area contributed by atoms with Gasteiger partial charge in [0.25, 0.3) is 0 Å². The number of benzene rings is 1. The molecule has 25 heavy (non-hydrogen) atoms. The van der Waals surface area contributed by atoms with E-state index in [1.807, 2.05) is 31.3 Å². The first-order valence-corrected chi connectivity index (χ1v) is 8.64. The molecule has 6 nitrogen and oxygen atoms in total. The Kier molecular flexibility index (Phi) is 6.06. The van der Waals surface area contributed by atoms with Gasteiger partial charge in [0.15, 0.2) is 0 Å². The molecule has 0 N–H and O–H groups in total. The van der Waals surface area contributed by atoms with Gasteiger partial charge in [0.05, 0.1) is 26.0 Å². The van der Waals surface area contributed by atoms with Crippen molar-refractivity contribution in [2.75, 3.05) is 45.4 Å². The molecule has 0 aliphatic carbocycles. The van der Waals surface area contributed by atoms with E-state index in [9.17, 15) is 0 Å². The Hall–Kier alpha value is -2.34. The zero-order valence-corrected chi connectivity index (χ0v) is 14.9. The second kappa shape index (κ2) is 8.67. The highest BCUT2D eigenvalue weighted by atomic mass is 16.5. The lowest BCUT2D eigenvalue weighted by atomic mass is 10.0. The molecule has 1 atom stereocenters. The van der Waals surface area contributed by atoms with Crippen LogP contribution in [-0.2, 0) is 4.74 Å². The normalized spacial score (nSPS) is 16.6. The lowest BCUT2D eigenvalue weighted by molar-refractivity contribution is 0.193. The predicted octanol–water partition coefficient (Wildman–Crippen LogP) is 2.89. The van der Waals surface area contributed by atoms with E-state index in [-0.39, 0.29) is 0 Å². The number of anilines is 1. The first-order valence-electron chi connectivity index (χ1n) is 8.64. The van der Waals surface area contributed by atoms with Crippen LogP contribution in [0.4, 0.5) is 5.82 Å². The van der Waals surface area contributed by atoms with Crippen molar-refractivity contribution in [1.82, 2.24) is 9.97 Å². The Morgan fingerprint density at radius 3 is 2.92 bits per heavy atom. The van der Waals surface area contributed by atoms with Crippen LogP contribution in [0.2, 0.25) is 0 Å². The van der Waals surface area contributed by atoms with Crippen molar-refractivity contribution in [3.63, 3.8) is 0 Å². The molecule has 1 aliphatic heterocycles. The van der Waals surface area contributed by atoms with Crippen molar-refractivity contribution in [2.24, 2.45) is 0 Å². The standard InChI is InChI=1S/C19H25N3O3/c1-22(8-4-9-25-17-6-3-5-16(11-17)23-2)19-12-18(20-14-21-19)15-7-10-24-13-15/h3,5-6,11-12,14-15H,4,7-10,13H2,1-2H3/t15-/m0/s1. The van der Waals surface area contributed by atoms with Gasteiger partial charge in [-0.05, 0) is 25.0 Å². The molecule has 1 aliphatic rings. The third-order valence-electron chi connectivity index (χ3n) is 4.36. The summed E-state index contributed by atoms with van der Waals surface area (Å²) in [5.41, 5.74) is 1.07. The third kappa shape index (κ3) is 4.82. The Morgan fingerprint density at radius 2 is 2.12 bits per heavy atom.